The van der Waals surface area contributed by atoms with Gasteiger partial charge in [0.1, 0.15) is 5.69 Å². The Hall–Kier alpha value is -1.98. The number of pyridine rings is 1. The third-order valence-electron chi connectivity index (χ3n) is 1.66. The first kappa shape index (κ1) is 10.1. The van der Waals surface area contributed by atoms with Crippen LogP contribution in [0.1, 0.15) is 10.5 Å². The molecule has 3 N–H and O–H groups in total. The second-order valence-corrected chi connectivity index (χ2v) is 2.43. The smallest absolute Gasteiger partial charge is 0.356 e. The van der Waals surface area contributed by atoms with Crippen LogP contribution in [-0.4, -0.2) is 30.3 Å². The van der Waals surface area contributed by atoms with Crippen molar-refractivity contribution in [2.45, 2.75) is 0 Å². The van der Waals surface area contributed by atoms with Crippen LogP contribution >= 0.6 is 0 Å². The monoisotopic (exact) mass is 198 g/mol. The average Bonchev–Trinajstić information content (AvgIpc) is 2.16. The van der Waals surface area contributed by atoms with Gasteiger partial charge in [0.05, 0.1) is 20.4 Å². The van der Waals surface area contributed by atoms with Gasteiger partial charge in [-0.1, -0.05) is 0 Å². The zero-order valence-corrected chi connectivity index (χ0v) is 7.77. The number of aromatic carboxylic acids is 1. The van der Waals surface area contributed by atoms with Gasteiger partial charge in [-0.15, -0.1) is 0 Å². The Morgan fingerprint density at radius 2 is 2.14 bits per heavy atom. The van der Waals surface area contributed by atoms with Crippen molar-refractivity contribution < 1.29 is 19.4 Å². The molecule has 6 heteroatoms. The molecule has 14 heavy (non-hydrogen) atoms. The summed E-state index contributed by atoms with van der Waals surface area (Å²) >= 11 is 0. The number of ether oxygens (including phenoxy) is 2. The van der Waals surface area contributed by atoms with Crippen molar-refractivity contribution in [2.24, 2.45) is 0 Å². The van der Waals surface area contributed by atoms with E-state index >= 15 is 0 Å². The van der Waals surface area contributed by atoms with Gasteiger partial charge in [-0.25, -0.2) is 9.78 Å². The summed E-state index contributed by atoms with van der Waals surface area (Å²) in [5, 5.41) is 8.71. The maximum atomic E-state index is 10.7. The van der Waals surface area contributed by atoms with E-state index in [-0.39, 0.29) is 17.1 Å². The molecular formula is C8H10N2O4. The van der Waals surface area contributed by atoms with Gasteiger partial charge in [0.2, 0.25) is 0 Å². The lowest BCUT2D eigenvalue weighted by molar-refractivity contribution is 0.0691. The predicted molar refractivity (Wildman–Crippen MR) is 48.7 cm³/mol. The lowest BCUT2D eigenvalue weighted by atomic mass is 10.2. The fraction of sp³-hybridized carbons (Fsp3) is 0.250. The number of carboxylic acids is 1. The predicted octanol–water partition coefficient (Wildman–Crippen LogP) is 0.379. The van der Waals surface area contributed by atoms with Gasteiger partial charge in [0.25, 0.3) is 0 Å². The number of carbonyl (C=O) groups is 1. The highest BCUT2D eigenvalue weighted by atomic mass is 16.5. The molecule has 0 aliphatic carbocycles. The maximum absolute atomic E-state index is 10.7. The minimum absolute atomic E-state index is 0.0423. The first-order valence-corrected chi connectivity index (χ1v) is 3.71. The second-order valence-electron chi connectivity index (χ2n) is 2.43. The molecule has 0 atom stereocenters. The first-order chi connectivity index (χ1) is 6.61. The number of nitrogens with two attached hydrogens (primary N) is 1. The molecule has 0 spiro atoms. The molecule has 1 heterocycles. The molecule has 1 aromatic heterocycles. The number of aromatic nitrogens is 1. The number of rotatable bonds is 3. The number of nitrogens with zero attached hydrogens (tertiary/aromatic N) is 1. The van der Waals surface area contributed by atoms with Crippen LogP contribution in [-0.2, 0) is 0 Å². The molecule has 0 bridgehead atoms. The number of carboxylic acid groups (broad SMARTS) is 1. The zero-order chi connectivity index (χ0) is 10.7. The van der Waals surface area contributed by atoms with E-state index in [0.29, 0.717) is 5.75 Å². The maximum Gasteiger partial charge on any atom is 0.356 e. The summed E-state index contributed by atoms with van der Waals surface area (Å²) in [6.07, 6.45) is 1.25. The Morgan fingerprint density at radius 3 is 2.57 bits per heavy atom. The van der Waals surface area contributed by atoms with Gasteiger partial charge in [-0.3, -0.25) is 0 Å². The Labute approximate surface area is 80.3 Å². The number of methoxy groups -OCH3 is 2. The van der Waals surface area contributed by atoms with E-state index in [2.05, 4.69) is 4.98 Å². The molecular weight excluding hydrogens is 188 g/mol. The molecule has 1 aromatic rings. The molecule has 0 amide bonds. The van der Waals surface area contributed by atoms with Crippen LogP contribution in [0.4, 0.5) is 5.69 Å². The summed E-state index contributed by atoms with van der Waals surface area (Å²) < 4.78 is 9.80. The zero-order valence-electron chi connectivity index (χ0n) is 7.77. The summed E-state index contributed by atoms with van der Waals surface area (Å²) in [6, 6.07) is 0. The topological polar surface area (TPSA) is 94.7 Å². The Balaban J connectivity index is 3.34. The van der Waals surface area contributed by atoms with E-state index in [0.717, 1.165) is 0 Å². The van der Waals surface area contributed by atoms with Gasteiger partial charge in [-0.2, -0.15) is 0 Å². The summed E-state index contributed by atoms with van der Waals surface area (Å²) in [7, 11) is 2.79. The third kappa shape index (κ3) is 1.54. The van der Waals surface area contributed by atoms with E-state index in [4.69, 9.17) is 20.3 Å². The SMILES string of the molecule is COc1cnc(C(=O)O)c(N)c1OC. The normalized spacial score (nSPS) is 9.57. The Kier molecular flexibility index (Phi) is 2.76. The van der Waals surface area contributed by atoms with Crippen LogP contribution in [0.2, 0.25) is 0 Å². The molecule has 0 aromatic carbocycles. The minimum Gasteiger partial charge on any atom is -0.491 e. The van der Waals surface area contributed by atoms with Crippen molar-refractivity contribution in [1.82, 2.24) is 4.98 Å². The second kappa shape index (κ2) is 3.82. The molecule has 76 valence electrons. The van der Waals surface area contributed by atoms with Crippen molar-refractivity contribution in [3.8, 4) is 11.5 Å². The van der Waals surface area contributed by atoms with Gasteiger partial charge in [-0.05, 0) is 0 Å². The number of hydrogen-bond donors (Lipinski definition) is 2. The molecule has 0 fully saturated rings. The molecule has 0 unspecified atom stereocenters. The molecule has 1 rings (SSSR count). The number of hydrogen-bond acceptors (Lipinski definition) is 5. The third-order valence-corrected chi connectivity index (χ3v) is 1.66. The summed E-state index contributed by atoms with van der Waals surface area (Å²) in [5.41, 5.74) is 5.23. The van der Waals surface area contributed by atoms with Crippen molar-refractivity contribution in [2.75, 3.05) is 20.0 Å². The van der Waals surface area contributed by atoms with Crippen LogP contribution in [0.3, 0.4) is 0 Å². The quantitative estimate of drug-likeness (QED) is 0.729. The van der Waals surface area contributed by atoms with Crippen LogP contribution < -0.4 is 15.2 Å². The molecule has 0 aliphatic heterocycles. The van der Waals surface area contributed by atoms with Gasteiger partial charge in [0.15, 0.2) is 17.2 Å². The lowest BCUT2D eigenvalue weighted by Gasteiger charge is -2.10. The van der Waals surface area contributed by atoms with E-state index < -0.39 is 5.97 Å². The minimum atomic E-state index is -1.21. The summed E-state index contributed by atoms with van der Waals surface area (Å²) in [6.45, 7) is 0. The van der Waals surface area contributed by atoms with Crippen molar-refractivity contribution in [3.05, 3.63) is 11.9 Å². The van der Waals surface area contributed by atoms with Crippen LogP contribution in [0, 0.1) is 0 Å². The highest BCUT2D eigenvalue weighted by Gasteiger charge is 2.17. The molecule has 0 saturated heterocycles. The molecule has 0 saturated carbocycles. The lowest BCUT2D eigenvalue weighted by Crippen LogP contribution is -2.08. The van der Waals surface area contributed by atoms with E-state index in [1.165, 1.54) is 20.4 Å². The highest BCUT2D eigenvalue weighted by molar-refractivity contribution is 5.93. The van der Waals surface area contributed by atoms with Crippen molar-refractivity contribution in [3.63, 3.8) is 0 Å². The Bertz CT molecular complexity index is 365. The average molecular weight is 198 g/mol. The largest absolute Gasteiger partial charge is 0.491 e. The van der Waals surface area contributed by atoms with E-state index in [9.17, 15) is 4.79 Å². The van der Waals surface area contributed by atoms with Gasteiger partial charge >= 0.3 is 5.97 Å². The van der Waals surface area contributed by atoms with E-state index in [1.54, 1.807) is 0 Å². The Morgan fingerprint density at radius 1 is 1.50 bits per heavy atom. The van der Waals surface area contributed by atoms with Gasteiger partial charge in [0, 0.05) is 0 Å². The molecule has 6 nitrogen and oxygen atoms in total. The van der Waals surface area contributed by atoms with Crippen LogP contribution in [0.5, 0.6) is 11.5 Å². The fourth-order valence-corrected chi connectivity index (χ4v) is 1.02. The van der Waals surface area contributed by atoms with E-state index in [1.807, 2.05) is 0 Å². The molecule has 0 radical (unpaired) electrons. The number of nitrogen functional groups attached to an aromatic ring is 1. The highest BCUT2D eigenvalue weighted by Crippen LogP contribution is 2.33. The van der Waals surface area contributed by atoms with Crippen LogP contribution in [0.15, 0.2) is 6.20 Å². The van der Waals surface area contributed by atoms with Crippen LogP contribution in [0.25, 0.3) is 0 Å². The van der Waals surface area contributed by atoms with Crippen molar-refractivity contribution >= 4 is 11.7 Å². The first-order valence-electron chi connectivity index (χ1n) is 3.71. The number of anilines is 1. The summed E-state index contributed by atoms with van der Waals surface area (Å²) in [5.74, 6) is -0.724. The van der Waals surface area contributed by atoms with Gasteiger partial charge < -0.3 is 20.3 Å². The van der Waals surface area contributed by atoms with Crippen molar-refractivity contribution in [1.29, 1.82) is 0 Å². The molecule has 0 aliphatic rings. The fourth-order valence-electron chi connectivity index (χ4n) is 1.02. The standard InChI is InChI=1S/C8H10N2O4/c1-13-4-3-10-6(8(11)12)5(9)7(4)14-2/h3H,9H2,1-2H3,(H,11,12). The summed E-state index contributed by atoms with van der Waals surface area (Å²) in [4.78, 5) is 14.3.